The number of benzene rings is 1. The highest BCUT2D eigenvalue weighted by Gasteiger charge is 2.29. The molecule has 1 aromatic carbocycles. The molecule has 1 aliphatic rings. The van der Waals surface area contributed by atoms with Crippen LogP contribution in [0, 0.1) is 11.3 Å². The fraction of sp³-hybridized carbons (Fsp3) is 0.619. The van der Waals surface area contributed by atoms with Gasteiger partial charge >= 0.3 is 0 Å². The molecule has 0 aliphatic heterocycles. The lowest BCUT2D eigenvalue weighted by atomic mass is 9.72. The first-order chi connectivity index (χ1) is 11.5. The van der Waals surface area contributed by atoms with E-state index in [-0.39, 0.29) is 23.3 Å². The van der Waals surface area contributed by atoms with E-state index in [9.17, 15) is 4.79 Å². The highest BCUT2D eigenvalue weighted by molar-refractivity contribution is 5.87. The van der Waals surface area contributed by atoms with Gasteiger partial charge in [0.2, 0.25) is 0 Å². The molecule has 0 aromatic heterocycles. The summed E-state index contributed by atoms with van der Waals surface area (Å²) < 4.78 is 5.56. The molecule has 138 valence electrons. The largest absolute Gasteiger partial charge is 0.484 e. The predicted octanol–water partition coefficient (Wildman–Crippen LogP) is 4.68. The summed E-state index contributed by atoms with van der Waals surface area (Å²) in [7, 11) is 0. The predicted molar refractivity (Wildman–Crippen MR) is 103 cm³/mol. The van der Waals surface area contributed by atoms with Crippen molar-refractivity contribution in [3.63, 3.8) is 0 Å². The third-order valence-corrected chi connectivity index (χ3v) is 4.60. The number of hydrogen-bond acceptors (Lipinski definition) is 3. The van der Waals surface area contributed by atoms with Crippen molar-refractivity contribution in [2.45, 2.75) is 66.2 Å². The molecule has 25 heavy (non-hydrogen) atoms. The Hall–Kier alpha value is -1.84. The van der Waals surface area contributed by atoms with Crippen LogP contribution in [0.4, 0.5) is 0 Å². The number of carbonyl (C=O) groups excluding carboxylic acids is 1. The van der Waals surface area contributed by atoms with E-state index in [1.165, 1.54) is 12.0 Å². The van der Waals surface area contributed by atoms with Crippen molar-refractivity contribution in [1.29, 1.82) is 0 Å². The van der Waals surface area contributed by atoms with Gasteiger partial charge in [-0.1, -0.05) is 53.7 Å². The number of ether oxygens (including phenoxy) is 1. The number of hydrazone groups is 1. The van der Waals surface area contributed by atoms with Crippen LogP contribution < -0.4 is 10.2 Å². The van der Waals surface area contributed by atoms with Crippen molar-refractivity contribution in [3.8, 4) is 5.75 Å². The Morgan fingerprint density at radius 2 is 1.92 bits per heavy atom. The second kappa shape index (κ2) is 7.59. The molecule has 0 heterocycles. The highest BCUT2D eigenvalue weighted by Crippen LogP contribution is 2.36. The zero-order chi connectivity index (χ0) is 18.7. The lowest BCUT2D eigenvalue weighted by Crippen LogP contribution is -2.31. The van der Waals surface area contributed by atoms with Crippen molar-refractivity contribution < 1.29 is 9.53 Å². The van der Waals surface area contributed by atoms with Crippen LogP contribution in [0.15, 0.2) is 29.4 Å². The molecule has 0 radical (unpaired) electrons. The molecular weight excluding hydrogens is 312 g/mol. The SMILES string of the molecule is CC1C/C(=N\NC(=O)COc2ccc(C(C)(C)C)cc2)CC(C)(C)C1. The number of amides is 1. The first kappa shape index (κ1) is 19.5. The molecule has 0 spiro atoms. The summed E-state index contributed by atoms with van der Waals surface area (Å²) in [6, 6.07) is 7.90. The first-order valence-corrected chi connectivity index (χ1v) is 9.13. The Kier molecular flexibility index (Phi) is 5.91. The lowest BCUT2D eigenvalue weighted by Gasteiger charge is -2.34. The Bertz CT molecular complexity index is 624. The summed E-state index contributed by atoms with van der Waals surface area (Å²) in [6.07, 6.45) is 3.10. The van der Waals surface area contributed by atoms with E-state index in [1.807, 2.05) is 24.3 Å². The summed E-state index contributed by atoms with van der Waals surface area (Å²) in [6.45, 7) is 13.2. The minimum atomic E-state index is -0.219. The monoisotopic (exact) mass is 344 g/mol. The fourth-order valence-corrected chi connectivity index (χ4v) is 3.57. The summed E-state index contributed by atoms with van der Waals surface area (Å²) in [4.78, 5) is 12.0. The van der Waals surface area contributed by atoms with E-state index in [2.05, 4.69) is 52.1 Å². The van der Waals surface area contributed by atoms with Gasteiger partial charge in [0.05, 0.1) is 0 Å². The maximum Gasteiger partial charge on any atom is 0.277 e. The van der Waals surface area contributed by atoms with Crippen LogP contribution in [0.1, 0.15) is 66.4 Å². The molecule has 1 aromatic rings. The molecule has 1 aliphatic carbocycles. The van der Waals surface area contributed by atoms with Crippen molar-refractivity contribution in [2.75, 3.05) is 6.61 Å². The lowest BCUT2D eigenvalue weighted by molar-refractivity contribution is -0.123. The molecule has 1 unspecified atom stereocenters. The van der Waals surface area contributed by atoms with Gasteiger partial charge in [0, 0.05) is 5.71 Å². The summed E-state index contributed by atoms with van der Waals surface area (Å²) in [5.74, 6) is 1.09. The quantitative estimate of drug-likeness (QED) is 0.806. The van der Waals surface area contributed by atoms with Crippen LogP contribution in [0.3, 0.4) is 0 Å². The minimum absolute atomic E-state index is 0.0232. The van der Waals surface area contributed by atoms with Gasteiger partial charge in [0.15, 0.2) is 6.61 Å². The average Bonchev–Trinajstić information content (AvgIpc) is 2.48. The van der Waals surface area contributed by atoms with Crippen molar-refractivity contribution in [3.05, 3.63) is 29.8 Å². The third kappa shape index (κ3) is 6.18. The second-order valence-corrected chi connectivity index (χ2v) is 9.13. The topological polar surface area (TPSA) is 50.7 Å². The van der Waals surface area contributed by atoms with Crippen molar-refractivity contribution >= 4 is 11.6 Å². The molecule has 0 saturated heterocycles. The number of nitrogens with zero attached hydrogens (tertiary/aromatic N) is 1. The van der Waals surface area contributed by atoms with Gasteiger partial charge in [-0.25, -0.2) is 5.43 Å². The Morgan fingerprint density at radius 3 is 2.48 bits per heavy atom. The van der Waals surface area contributed by atoms with E-state index < -0.39 is 0 Å². The number of hydrogen-bond donors (Lipinski definition) is 1. The van der Waals surface area contributed by atoms with Gasteiger partial charge in [-0.3, -0.25) is 4.79 Å². The Morgan fingerprint density at radius 1 is 1.28 bits per heavy atom. The summed E-state index contributed by atoms with van der Waals surface area (Å²) in [5, 5.41) is 4.32. The van der Waals surface area contributed by atoms with Crippen LogP contribution in [0.5, 0.6) is 5.75 Å². The van der Waals surface area contributed by atoms with Crippen LogP contribution in [-0.4, -0.2) is 18.2 Å². The fourth-order valence-electron chi connectivity index (χ4n) is 3.57. The van der Waals surface area contributed by atoms with E-state index in [4.69, 9.17) is 4.74 Å². The molecule has 1 amide bonds. The number of nitrogens with one attached hydrogen (secondary N) is 1. The van der Waals surface area contributed by atoms with Gasteiger partial charge in [-0.15, -0.1) is 0 Å². The standard InChI is InChI=1S/C21H32N2O2/c1-15-11-17(13-21(5,6)12-15)22-23-19(24)14-25-18-9-7-16(8-10-18)20(2,3)4/h7-10,15H,11-14H2,1-6H3,(H,23,24)/b22-17+. The van der Waals surface area contributed by atoms with Gasteiger partial charge in [-0.2, -0.15) is 5.10 Å². The molecule has 1 N–H and O–H groups in total. The van der Waals surface area contributed by atoms with Crippen LogP contribution in [-0.2, 0) is 10.2 Å². The Labute approximate surface area is 152 Å². The molecule has 1 atom stereocenters. The van der Waals surface area contributed by atoms with E-state index >= 15 is 0 Å². The summed E-state index contributed by atoms with van der Waals surface area (Å²) in [5.41, 5.74) is 5.32. The van der Waals surface area contributed by atoms with Gasteiger partial charge in [0.1, 0.15) is 5.75 Å². The summed E-state index contributed by atoms with van der Waals surface area (Å²) >= 11 is 0. The van der Waals surface area contributed by atoms with Gasteiger partial charge < -0.3 is 4.74 Å². The Balaban J connectivity index is 1.83. The smallest absolute Gasteiger partial charge is 0.277 e. The molecule has 4 nitrogen and oxygen atoms in total. The van der Waals surface area contributed by atoms with Gasteiger partial charge in [0.25, 0.3) is 5.91 Å². The maximum atomic E-state index is 12.0. The molecular formula is C21H32N2O2. The minimum Gasteiger partial charge on any atom is -0.484 e. The zero-order valence-electron chi connectivity index (χ0n) is 16.5. The molecule has 2 rings (SSSR count). The van der Waals surface area contributed by atoms with E-state index in [1.54, 1.807) is 0 Å². The van der Waals surface area contributed by atoms with Crippen LogP contribution in [0.25, 0.3) is 0 Å². The molecule has 1 fully saturated rings. The second-order valence-electron chi connectivity index (χ2n) is 9.13. The third-order valence-electron chi connectivity index (χ3n) is 4.60. The van der Waals surface area contributed by atoms with Crippen LogP contribution in [0.2, 0.25) is 0 Å². The maximum absolute atomic E-state index is 12.0. The normalized spacial score (nSPS) is 21.8. The highest BCUT2D eigenvalue weighted by atomic mass is 16.5. The van der Waals surface area contributed by atoms with Crippen LogP contribution >= 0.6 is 0 Å². The first-order valence-electron chi connectivity index (χ1n) is 9.13. The van der Waals surface area contributed by atoms with E-state index in [0.29, 0.717) is 11.7 Å². The molecule has 4 heteroatoms. The molecule has 0 bridgehead atoms. The number of rotatable bonds is 4. The molecule has 1 saturated carbocycles. The van der Waals surface area contributed by atoms with E-state index in [0.717, 1.165) is 18.6 Å². The zero-order valence-corrected chi connectivity index (χ0v) is 16.5. The van der Waals surface area contributed by atoms with Crippen molar-refractivity contribution in [1.82, 2.24) is 5.43 Å². The van der Waals surface area contributed by atoms with Crippen molar-refractivity contribution in [2.24, 2.45) is 16.4 Å². The number of carbonyl (C=O) groups is 1. The van der Waals surface area contributed by atoms with Gasteiger partial charge in [-0.05, 0) is 53.7 Å². The average molecular weight is 344 g/mol.